The lowest BCUT2D eigenvalue weighted by molar-refractivity contribution is -0.178. The highest BCUT2D eigenvalue weighted by Gasteiger charge is 2.38. The van der Waals surface area contributed by atoms with Crippen LogP contribution in [-0.2, 0) is 95.2 Å². The van der Waals surface area contributed by atoms with Gasteiger partial charge in [0.1, 0.15) is 109 Å². The van der Waals surface area contributed by atoms with Crippen molar-refractivity contribution in [3.05, 3.63) is 48.6 Å². The second-order valence-corrected chi connectivity index (χ2v) is 14.3. The highest BCUT2D eigenvalue weighted by molar-refractivity contribution is 5.88. The highest BCUT2D eigenvalue weighted by atomic mass is 16.6. The Hall–Kier alpha value is -5.60. The van der Waals surface area contributed by atoms with Gasteiger partial charge in [-0.1, -0.05) is 26.3 Å². The van der Waals surface area contributed by atoms with Crippen molar-refractivity contribution >= 4 is 47.8 Å². The van der Waals surface area contributed by atoms with Crippen LogP contribution in [0.3, 0.4) is 0 Å². The monoisotopic (exact) mass is 936 g/mol. The largest absolute Gasteiger partial charge is 0.463 e. The maximum absolute atomic E-state index is 12.8. The first-order chi connectivity index (χ1) is 30.5. The van der Waals surface area contributed by atoms with Gasteiger partial charge in [-0.15, -0.1) is 0 Å². The predicted octanol–water partition coefficient (Wildman–Crippen LogP) is -1.87. The first-order valence-electron chi connectivity index (χ1n) is 19.4. The summed E-state index contributed by atoms with van der Waals surface area (Å²) in [5, 5.41) is 40.1. The number of carbonyl (C=O) groups excluding carboxylic acids is 8. The van der Waals surface area contributed by atoms with Gasteiger partial charge in [0.05, 0.1) is 26.4 Å². The van der Waals surface area contributed by atoms with Crippen LogP contribution in [0.4, 0.5) is 0 Å². The summed E-state index contributed by atoms with van der Waals surface area (Å²) in [5.41, 5.74) is -1.61. The molecule has 65 heavy (non-hydrogen) atoms. The van der Waals surface area contributed by atoms with Gasteiger partial charge in [0.2, 0.25) is 0 Å². The van der Waals surface area contributed by atoms with E-state index < -0.39 is 183 Å². The van der Waals surface area contributed by atoms with Gasteiger partial charge in [-0.05, 0) is 27.7 Å². The topological polar surface area (TPSA) is 328 Å². The van der Waals surface area contributed by atoms with Crippen LogP contribution in [-0.4, -0.2) is 198 Å². The van der Waals surface area contributed by atoms with E-state index in [2.05, 4.69) is 26.3 Å². The minimum atomic E-state index is -1.92. The molecule has 0 bridgehead atoms. The molecule has 0 amide bonds. The van der Waals surface area contributed by atoms with Crippen LogP contribution in [0, 0.1) is 5.41 Å². The fourth-order valence-electron chi connectivity index (χ4n) is 3.84. The van der Waals surface area contributed by atoms with Crippen LogP contribution >= 0.6 is 0 Å². The molecule has 4 atom stereocenters. The van der Waals surface area contributed by atoms with Gasteiger partial charge in [-0.25, -0.2) is 38.4 Å². The summed E-state index contributed by atoms with van der Waals surface area (Å²) < 4.78 is 60.9. The molecule has 0 radical (unpaired) electrons. The van der Waals surface area contributed by atoms with E-state index in [1.807, 2.05) is 0 Å². The van der Waals surface area contributed by atoms with Crippen molar-refractivity contribution in [3.63, 3.8) is 0 Å². The summed E-state index contributed by atoms with van der Waals surface area (Å²) in [6, 6.07) is 0. The van der Waals surface area contributed by atoms with Gasteiger partial charge < -0.3 is 77.3 Å². The van der Waals surface area contributed by atoms with Crippen molar-refractivity contribution in [2.24, 2.45) is 5.41 Å². The van der Waals surface area contributed by atoms with Crippen LogP contribution in [0.1, 0.15) is 27.7 Å². The van der Waals surface area contributed by atoms with Gasteiger partial charge in [-0.2, -0.15) is 0 Å². The summed E-state index contributed by atoms with van der Waals surface area (Å²) in [5.74, 6) is -7.47. The molecule has 0 saturated heterocycles. The van der Waals surface area contributed by atoms with E-state index in [0.717, 1.165) is 0 Å². The van der Waals surface area contributed by atoms with E-state index in [4.69, 9.17) is 56.8 Å². The molecule has 0 rings (SSSR count). The molecular weight excluding hydrogens is 876 g/mol. The minimum Gasteiger partial charge on any atom is -0.463 e. The quantitative estimate of drug-likeness (QED) is 0.0304. The van der Waals surface area contributed by atoms with Crippen molar-refractivity contribution < 1.29 is 116 Å². The average molecular weight is 937 g/mol. The standard InChI is InChI=1S/C41H60O24/c1-25(2)37(50)58-13-29(42)9-54-17-33(46)62-21-41(22-63-34(47)18-55-10-30(43)14-59-38(51)26(3)4,23-64-35(48)19-56-11-31(44)15-60-39(52)27(5)6)24-65-36(49)20-57-12-32(45)16-61-40(53)28(7)8/h29-32,42-45H,1,3,5,7,9-24H2,2,4,6,8H3. The van der Waals surface area contributed by atoms with Crippen LogP contribution in [0.2, 0.25) is 0 Å². The fourth-order valence-corrected chi connectivity index (χ4v) is 3.84. The van der Waals surface area contributed by atoms with Gasteiger partial charge in [0.15, 0.2) is 0 Å². The molecule has 0 spiro atoms. The van der Waals surface area contributed by atoms with Crippen molar-refractivity contribution in [3.8, 4) is 0 Å². The molecule has 0 heterocycles. The number of hydrogen-bond acceptors (Lipinski definition) is 24. The summed E-state index contributed by atoms with van der Waals surface area (Å²) in [4.78, 5) is 97.4. The van der Waals surface area contributed by atoms with Crippen molar-refractivity contribution in [1.82, 2.24) is 0 Å². The number of carbonyl (C=O) groups is 8. The molecule has 24 heteroatoms. The Morgan fingerprint density at radius 2 is 0.538 bits per heavy atom. The lowest BCUT2D eigenvalue weighted by atomic mass is 9.92. The second kappa shape index (κ2) is 33.0. The van der Waals surface area contributed by atoms with Gasteiger partial charge in [0, 0.05) is 22.3 Å². The van der Waals surface area contributed by atoms with Crippen molar-refractivity contribution in [1.29, 1.82) is 0 Å². The zero-order chi connectivity index (χ0) is 49.5. The number of rotatable bonds is 36. The maximum atomic E-state index is 12.8. The van der Waals surface area contributed by atoms with E-state index >= 15 is 0 Å². The Morgan fingerprint density at radius 1 is 0.354 bits per heavy atom. The molecular formula is C41H60O24. The molecule has 24 nitrogen and oxygen atoms in total. The van der Waals surface area contributed by atoms with E-state index in [1.165, 1.54) is 27.7 Å². The lowest BCUT2D eigenvalue weighted by Crippen LogP contribution is -2.45. The molecule has 0 fully saturated rings. The molecule has 0 aromatic carbocycles. The number of aliphatic hydroxyl groups is 4. The van der Waals surface area contributed by atoms with Crippen LogP contribution in [0.15, 0.2) is 48.6 Å². The molecule has 0 aliphatic heterocycles. The number of esters is 8. The Labute approximate surface area is 374 Å². The first kappa shape index (κ1) is 59.4. The van der Waals surface area contributed by atoms with Crippen molar-refractivity contribution in [2.45, 2.75) is 52.1 Å². The van der Waals surface area contributed by atoms with Crippen molar-refractivity contribution in [2.75, 3.05) is 106 Å². The first-order valence-corrected chi connectivity index (χ1v) is 19.4. The molecule has 0 aromatic rings. The number of hydrogen-bond donors (Lipinski definition) is 4. The van der Waals surface area contributed by atoms with E-state index in [9.17, 15) is 58.8 Å². The summed E-state index contributed by atoms with van der Waals surface area (Å²) in [6.07, 6.45) is -5.44. The van der Waals surface area contributed by atoms with Gasteiger partial charge in [-0.3, -0.25) is 0 Å². The smallest absolute Gasteiger partial charge is 0.333 e. The molecule has 0 aromatic heterocycles. The third kappa shape index (κ3) is 30.2. The molecule has 0 aliphatic carbocycles. The zero-order valence-corrected chi connectivity index (χ0v) is 36.9. The summed E-state index contributed by atoms with van der Waals surface area (Å²) >= 11 is 0. The molecule has 0 saturated carbocycles. The lowest BCUT2D eigenvalue weighted by Gasteiger charge is -2.31. The molecule has 4 N–H and O–H groups in total. The molecule has 4 unspecified atom stereocenters. The summed E-state index contributed by atoms with van der Waals surface area (Å²) in [7, 11) is 0. The molecule has 0 aliphatic rings. The third-order valence-corrected chi connectivity index (χ3v) is 7.30. The third-order valence-electron chi connectivity index (χ3n) is 7.30. The van der Waals surface area contributed by atoms with Crippen LogP contribution < -0.4 is 0 Å². The zero-order valence-electron chi connectivity index (χ0n) is 36.9. The number of ether oxygens (including phenoxy) is 12. The van der Waals surface area contributed by atoms with E-state index in [1.54, 1.807) is 0 Å². The van der Waals surface area contributed by atoms with E-state index in [0.29, 0.717) is 0 Å². The van der Waals surface area contributed by atoms with E-state index in [-0.39, 0.29) is 22.3 Å². The molecule has 368 valence electrons. The SMILES string of the molecule is C=C(C)C(=O)OCC(O)COCC(=O)OCC(COC(=O)COCC(O)COC(=O)C(=C)C)(COC(=O)COCC(O)COC(=O)C(=C)C)COC(=O)COCC(O)COC(=O)C(=C)C. The van der Waals surface area contributed by atoms with Gasteiger partial charge >= 0.3 is 47.8 Å². The normalized spacial score (nSPS) is 13.5. The average Bonchev–Trinajstić information content (AvgIpc) is 3.24. The van der Waals surface area contributed by atoms with Crippen LogP contribution in [0.25, 0.3) is 0 Å². The van der Waals surface area contributed by atoms with Gasteiger partial charge in [0.25, 0.3) is 0 Å². The minimum absolute atomic E-state index is 0.0765. The Balaban J connectivity index is 6.01. The maximum Gasteiger partial charge on any atom is 0.333 e. The fraction of sp³-hybridized carbons (Fsp3) is 0.610. The Bertz CT molecular complexity index is 1400. The number of aliphatic hydroxyl groups excluding tert-OH is 4. The predicted molar refractivity (Wildman–Crippen MR) is 217 cm³/mol. The highest BCUT2D eigenvalue weighted by Crippen LogP contribution is 2.22. The Morgan fingerprint density at radius 3 is 0.708 bits per heavy atom. The van der Waals surface area contributed by atoms with Crippen LogP contribution in [0.5, 0.6) is 0 Å². The second-order valence-electron chi connectivity index (χ2n) is 14.3. The Kier molecular flexibility index (Phi) is 30.1. The summed E-state index contributed by atoms with van der Waals surface area (Å²) in [6.45, 7) is 8.73.